The van der Waals surface area contributed by atoms with E-state index in [1.54, 1.807) is 6.07 Å². The van der Waals surface area contributed by atoms with E-state index in [4.69, 9.17) is 5.11 Å². The van der Waals surface area contributed by atoms with Crippen LogP contribution in [0.2, 0.25) is 0 Å². The molecular formula is C15H19N3O5. The van der Waals surface area contributed by atoms with Crippen LogP contribution < -0.4 is 16.2 Å². The first-order chi connectivity index (χ1) is 10.8. The zero-order valence-corrected chi connectivity index (χ0v) is 12.9. The molecule has 23 heavy (non-hydrogen) atoms. The zero-order valence-electron chi connectivity index (χ0n) is 12.9. The molecule has 1 aromatic carbocycles. The number of rotatable bonds is 6. The van der Waals surface area contributed by atoms with Crippen molar-refractivity contribution in [1.82, 2.24) is 10.9 Å². The van der Waals surface area contributed by atoms with Gasteiger partial charge in [-0.25, -0.2) is 4.79 Å². The Kier molecular flexibility index (Phi) is 6.72. The molecule has 8 nitrogen and oxygen atoms in total. The Morgan fingerprint density at radius 3 is 2.22 bits per heavy atom. The number of hydrogen-bond acceptors (Lipinski definition) is 4. The average Bonchev–Trinajstić information content (AvgIpc) is 2.44. The molecule has 0 aliphatic rings. The number of aromatic carboxylic acids is 1. The van der Waals surface area contributed by atoms with Gasteiger partial charge in [-0.05, 0) is 18.1 Å². The number of nitrogens with one attached hydrogen (secondary N) is 3. The molecule has 0 aliphatic carbocycles. The molecule has 1 aromatic rings. The van der Waals surface area contributed by atoms with Crippen molar-refractivity contribution in [3.8, 4) is 0 Å². The highest BCUT2D eigenvalue weighted by Crippen LogP contribution is 2.14. The molecule has 0 atom stereocenters. The Morgan fingerprint density at radius 1 is 1.00 bits per heavy atom. The summed E-state index contributed by atoms with van der Waals surface area (Å²) in [7, 11) is 0. The van der Waals surface area contributed by atoms with E-state index >= 15 is 0 Å². The Hall–Kier alpha value is -2.90. The summed E-state index contributed by atoms with van der Waals surface area (Å²) in [4.78, 5) is 45.7. The number of carboxylic acids is 1. The van der Waals surface area contributed by atoms with E-state index in [-0.39, 0.29) is 29.5 Å². The summed E-state index contributed by atoms with van der Waals surface area (Å²) < 4.78 is 0. The SMILES string of the molecule is CC(C)CC(=O)NNC(=O)CC(=O)Nc1ccccc1C(=O)O. The lowest BCUT2D eigenvalue weighted by molar-refractivity contribution is -0.131. The number of carbonyl (C=O) groups excluding carboxylic acids is 3. The third kappa shape index (κ3) is 6.60. The normalized spacial score (nSPS) is 10.0. The largest absolute Gasteiger partial charge is 0.478 e. The van der Waals surface area contributed by atoms with E-state index in [0.29, 0.717) is 0 Å². The van der Waals surface area contributed by atoms with Crippen LogP contribution in [0.15, 0.2) is 24.3 Å². The van der Waals surface area contributed by atoms with Crippen molar-refractivity contribution in [2.75, 3.05) is 5.32 Å². The summed E-state index contributed by atoms with van der Waals surface area (Å²) in [6.07, 6.45) is -0.297. The fraction of sp³-hybridized carbons (Fsp3) is 0.333. The molecule has 0 bridgehead atoms. The third-order valence-electron chi connectivity index (χ3n) is 2.69. The fourth-order valence-electron chi connectivity index (χ4n) is 1.72. The predicted octanol–water partition coefficient (Wildman–Crippen LogP) is 0.907. The van der Waals surface area contributed by atoms with Gasteiger partial charge in [-0.15, -0.1) is 0 Å². The van der Waals surface area contributed by atoms with Gasteiger partial charge in [0.15, 0.2) is 0 Å². The van der Waals surface area contributed by atoms with E-state index in [2.05, 4.69) is 16.2 Å². The Bertz CT molecular complexity index is 613. The molecule has 0 saturated heterocycles. The van der Waals surface area contributed by atoms with Crippen LogP contribution >= 0.6 is 0 Å². The number of carbonyl (C=O) groups is 4. The second kappa shape index (κ2) is 8.52. The van der Waals surface area contributed by atoms with Gasteiger partial charge in [-0.1, -0.05) is 26.0 Å². The molecule has 0 unspecified atom stereocenters. The van der Waals surface area contributed by atoms with Gasteiger partial charge >= 0.3 is 5.97 Å². The average molecular weight is 321 g/mol. The summed E-state index contributed by atoms with van der Waals surface area (Å²) >= 11 is 0. The Morgan fingerprint density at radius 2 is 1.61 bits per heavy atom. The van der Waals surface area contributed by atoms with Crippen LogP contribution in [0.3, 0.4) is 0 Å². The quantitative estimate of drug-likeness (QED) is 0.458. The zero-order chi connectivity index (χ0) is 17.4. The molecule has 0 aromatic heterocycles. The van der Waals surface area contributed by atoms with Gasteiger partial charge in [0, 0.05) is 6.42 Å². The topological polar surface area (TPSA) is 125 Å². The Labute approximate surface area is 133 Å². The highest BCUT2D eigenvalue weighted by Gasteiger charge is 2.15. The van der Waals surface area contributed by atoms with Crippen LogP contribution in [-0.2, 0) is 14.4 Å². The van der Waals surface area contributed by atoms with Crippen molar-refractivity contribution in [2.45, 2.75) is 26.7 Å². The lowest BCUT2D eigenvalue weighted by Crippen LogP contribution is -2.43. The van der Waals surface area contributed by atoms with Crippen molar-refractivity contribution < 1.29 is 24.3 Å². The first kappa shape index (κ1) is 18.1. The highest BCUT2D eigenvalue weighted by atomic mass is 16.4. The number of amides is 3. The van der Waals surface area contributed by atoms with Crippen molar-refractivity contribution in [2.24, 2.45) is 5.92 Å². The monoisotopic (exact) mass is 321 g/mol. The van der Waals surface area contributed by atoms with E-state index in [0.717, 1.165) is 0 Å². The number of para-hydroxylation sites is 1. The molecule has 0 spiro atoms. The molecule has 124 valence electrons. The lowest BCUT2D eigenvalue weighted by Gasteiger charge is -2.10. The van der Waals surface area contributed by atoms with Crippen LogP contribution in [0.1, 0.15) is 37.0 Å². The molecule has 3 amide bonds. The number of hydrogen-bond donors (Lipinski definition) is 4. The van der Waals surface area contributed by atoms with Gasteiger partial charge in [0.25, 0.3) is 0 Å². The molecule has 0 saturated carbocycles. The minimum absolute atomic E-state index is 0.0773. The van der Waals surface area contributed by atoms with E-state index < -0.39 is 24.2 Å². The number of benzene rings is 1. The maximum atomic E-state index is 11.7. The van der Waals surface area contributed by atoms with Crippen molar-refractivity contribution in [3.63, 3.8) is 0 Å². The van der Waals surface area contributed by atoms with Crippen LogP contribution in [0.4, 0.5) is 5.69 Å². The summed E-state index contributed by atoms with van der Waals surface area (Å²) in [6, 6.07) is 5.85. The van der Waals surface area contributed by atoms with Gasteiger partial charge in [0.1, 0.15) is 6.42 Å². The highest BCUT2D eigenvalue weighted by molar-refractivity contribution is 6.06. The van der Waals surface area contributed by atoms with E-state index in [1.165, 1.54) is 18.2 Å². The van der Waals surface area contributed by atoms with Crippen LogP contribution in [0.25, 0.3) is 0 Å². The molecule has 0 radical (unpaired) electrons. The minimum Gasteiger partial charge on any atom is -0.478 e. The maximum Gasteiger partial charge on any atom is 0.337 e. The van der Waals surface area contributed by atoms with Gasteiger partial charge in [0.05, 0.1) is 11.3 Å². The van der Waals surface area contributed by atoms with E-state index in [9.17, 15) is 19.2 Å². The summed E-state index contributed by atoms with van der Waals surface area (Å²) in [5.74, 6) is -2.79. The second-order valence-electron chi connectivity index (χ2n) is 5.27. The first-order valence-corrected chi connectivity index (χ1v) is 6.99. The van der Waals surface area contributed by atoms with Gasteiger partial charge in [-0.2, -0.15) is 0 Å². The van der Waals surface area contributed by atoms with Crippen molar-refractivity contribution >= 4 is 29.4 Å². The fourth-order valence-corrected chi connectivity index (χ4v) is 1.72. The van der Waals surface area contributed by atoms with Gasteiger partial charge in [-0.3, -0.25) is 25.2 Å². The molecule has 0 heterocycles. The maximum absolute atomic E-state index is 11.7. The lowest BCUT2D eigenvalue weighted by atomic mass is 10.1. The number of anilines is 1. The standard InChI is InChI=1S/C15H19N3O5/c1-9(2)7-13(20)17-18-14(21)8-12(19)16-11-6-4-3-5-10(11)15(22)23/h3-6,9H,7-8H2,1-2H3,(H,16,19)(H,17,20)(H,18,21)(H,22,23). The van der Waals surface area contributed by atoms with Crippen molar-refractivity contribution in [3.05, 3.63) is 29.8 Å². The summed E-state index contributed by atoms with van der Waals surface area (Å²) in [5, 5.41) is 11.3. The molecule has 1 rings (SSSR count). The molecule has 4 N–H and O–H groups in total. The minimum atomic E-state index is -1.19. The van der Waals surface area contributed by atoms with Crippen LogP contribution in [0.5, 0.6) is 0 Å². The number of carboxylic acid groups (broad SMARTS) is 1. The van der Waals surface area contributed by atoms with Crippen LogP contribution in [-0.4, -0.2) is 28.8 Å². The molecular weight excluding hydrogens is 302 g/mol. The summed E-state index contributed by atoms with van der Waals surface area (Å²) in [6.45, 7) is 3.71. The Balaban J connectivity index is 2.49. The van der Waals surface area contributed by atoms with E-state index in [1.807, 2.05) is 13.8 Å². The number of hydrazine groups is 1. The van der Waals surface area contributed by atoms with Gasteiger partial charge < -0.3 is 10.4 Å². The molecule has 0 aliphatic heterocycles. The smallest absolute Gasteiger partial charge is 0.337 e. The molecule has 0 fully saturated rings. The second-order valence-corrected chi connectivity index (χ2v) is 5.27. The molecule has 8 heteroatoms. The van der Waals surface area contributed by atoms with Gasteiger partial charge in [0.2, 0.25) is 17.7 Å². The van der Waals surface area contributed by atoms with Crippen molar-refractivity contribution in [1.29, 1.82) is 0 Å². The summed E-state index contributed by atoms with van der Waals surface area (Å²) in [5.41, 5.74) is 4.35. The van der Waals surface area contributed by atoms with Crippen LogP contribution in [0, 0.1) is 5.92 Å². The first-order valence-electron chi connectivity index (χ1n) is 6.99. The third-order valence-corrected chi connectivity index (χ3v) is 2.69. The predicted molar refractivity (Wildman–Crippen MR) is 82.4 cm³/mol.